The Bertz CT molecular complexity index is 707. The SMILES string of the molecule is COc1ccc(C/C=C/c2cccc(O)c2OC)c(OC)c1O. The minimum Gasteiger partial charge on any atom is -0.504 e. The lowest BCUT2D eigenvalue weighted by atomic mass is 10.1. The van der Waals surface area contributed by atoms with E-state index in [1.807, 2.05) is 24.3 Å². The normalized spacial score (nSPS) is 10.7. The van der Waals surface area contributed by atoms with Gasteiger partial charge >= 0.3 is 0 Å². The van der Waals surface area contributed by atoms with Gasteiger partial charge in [-0.25, -0.2) is 0 Å². The summed E-state index contributed by atoms with van der Waals surface area (Å²) in [5.41, 5.74) is 1.59. The standard InChI is InChI=1S/C18H20O5/c1-21-15-11-10-13(18(23-3)16(15)20)7-4-6-12-8-5-9-14(19)17(12)22-2/h4-6,8-11,19-20H,7H2,1-3H3/b6-4+. The van der Waals surface area contributed by atoms with Gasteiger partial charge < -0.3 is 24.4 Å². The summed E-state index contributed by atoms with van der Waals surface area (Å²) in [7, 11) is 4.50. The maximum atomic E-state index is 10.1. The smallest absolute Gasteiger partial charge is 0.201 e. The third-order valence-corrected chi connectivity index (χ3v) is 3.46. The van der Waals surface area contributed by atoms with Gasteiger partial charge in [0.25, 0.3) is 0 Å². The lowest BCUT2D eigenvalue weighted by Gasteiger charge is -2.12. The van der Waals surface area contributed by atoms with Gasteiger partial charge in [-0.2, -0.15) is 0 Å². The number of methoxy groups -OCH3 is 3. The molecule has 0 saturated heterocycles. The lowest BCUT2D eigenvalue weighted by Crippen LogP contribution is -1.94. The molecule has 0 aliphatic heterocycles. The Labute approximate surface area is 135 Å². The molecule has 2 N–H and O–H groups in total. The van der Waals surface area contributed by atoms with E-state index in [0.717, 1.165) is 11.1 Å². The third-order valence-electron chi connectivity index (χ3n) is 3.46. The van der Waals surface area contributed by atoms with Crippen molar-refractivity contribution in [3.8, 4) is 28.7 Å². The first kappa shape index (κ1) is 16.5. The average molecular weight is 316 g/mol. The number of rotatable bonds is 6. The predicted octanol–water partition coefficient (Wildman–Crippen LogP) is 3.38. The van der Waals surface area contributed by atoms with Crippen molar-refractivity contribution in [3.63, 3.8) is 0 Å². The fourth-order valence-corrected chi connectivity index (χ4v) is 2.36. The Morgan fingerprint density at radius 2 is 1.65 bits per heavy atom. The summed E-state index contributed by atoms with van der Waals surface area (Å²) in [4.78, 5) is 0. The molecule has 0 aliphatic carbocycles. The molecule has 122 valence electrons. The zero-order valence-electron chi connectivity index (χ0n) is 13.4. The Balaban J connectivity index is 2.25. The molecule has 0 unspecified atom stereocenters. The molecule has 0 heterocycles. The highest BCUT2D eigenvalue weighted by atomic mass is 16.5. The van der Waals surface area contributed by atoms with E-state index in [0.29, 0.717) is 23.7 Å². The Kier molecular flexibility index (Phi) is 5.36. The zero-order valence-corrected chi connectivity index (χ0v) is 13.4. The van der Waals surface area contributed by atoms with E-state index in [9.17, 15) is 10.2 Å². The van der Waals surface area contributed by atoms with E-state index in [1.165, 1.54) is 21.3 Å². The molecule has 0 aliphatic rings. The van der Waals surface area contributed by atoms with E-state index in [-0.39, 0.29) is 11.5 Å². The van der Waals surface area contributed by atoms with Crippen LogP contribution in [0.5, 0.6) is 28.7 Å². The summed E-state index contributed by atoms with van der Waals surface area (Å²) in [6.45, 7) is 0. The highest BCUT2D eigenvalue weighted by Gasteiger charge is 2.13. The van der Waals surface area contributed by atoms with Crippen molar-refractivity contribution in [2.75, 3.05) is 21.3 Å². The number of hydrogen-bond donors (Lipinski definition) is 2. The first-order valence-electron chi connectivity index (χ1n) is 7.07. The maximum absolute atomic E-state index is 10.1. The number of para-hydroxylation sites is 1. The van der Waals surface area contributed by atoms with Crippen LogP contribution >= 0.6 is 0 Å². The molecule has 5 heteroatoms. The number of allylic oxidation sites excluding steroid dienone is 1. The van der Waals surface area contributed by atoms with Crippen LogP contribution in [0.4, 0.5) is 0 Å². The van der Waals surface area contributed by atoms with Crippen LogP contribution in [0.15, 0.2) is 36.4 Å². The molecule has 23 heavy (non-hydrogen) atoms. The van der Waals surface area contributed by atoms with Gasteiger partial charge in [0.2, 0.25) is 5.75 Å². The van der Waals surface area contributed by atoms with Gasteiger partial charge in [0.05, 0.1) is 21.3 Å². The molecule has 2 aromatic carbocycles. The first-order valence-corrected chi connectivity index (χ1v) is 7.07. The van der Waals surface area contributed by atoms with E-state index < -0.39 is 0 Å². The van der Waals surface area contributed by atoms with Crippen LogP contribution in [0.1, 0.15) is 11.1 Å². The first-order chi connectivity index (χ1) is 11.1. The van der Waals surface area contributed by atoms with Crippen molar-refractivity contribution in [1.29, 1.82) is 0 Å². The second-order valence-corrected chi connectivity index (χ2v) is 4.81. The van der Waals surface area contributed by atoms with Crippen molar-refractivity contribution >= 4 is 6.08 Å². The predicted molar refractivity (Wildman–Crippen MR) is 88.6 cm³/mol. The largest absolute Gasteiger partial charge is 0.504 e. The van der Waals surface area contributed by atoms with Gasteiger partial charge in [-0.15, -0.1) is 0 Å². The highest BCUT2D eigenvalue weighted by molar-refractivity contribution is 5.63. The van der Waals surface area contributed by atoms with Crippen LogP contribution in [-0.2, 0) is 6.42 Å². The molecule has 2 rings (SSSR count). The molecular formula is C18H20O5. The molecule has 0 amide bonds. The number of benzene rings is 2. The number of phenols is 2. The van der Waals surface area contributed by atoms with Gasteiger partial charge in [0.15, 0.2) is 23.0 Å². The minimum atomic E-state index is -0.0177. The minimum absolute atomic E-state index is 0.0177. The molecule has 5 nitrogen and oxygen atoms in total. The van der Waals surface area contributed by atoms with Crippen molar-refractivity contribution in [3.05, 3.63) is 47.5 Å². The number of phenolic OH excluding ortho intramolecular Hbond substituents is 2. The monoisotopic (exact) mass is 316 g/mol. The van der Waals surface area contributed by atoms with Crippen molar-refractivity contribution in [1.82, 2.24) is 0 Å². The average Bonchev–Trinajstić information content (AvgIpc) is 2.55. The van der Waals surface area contributed by atoms with E-state index in [4.69, 9.17) is 14.2 Å². The summed E-state index contributed by atoms with van der Waals surface area (Å²) in [5, 5.41) is 19.8. The summed E-state index contributed by atoms with van der Waals surface area (Å²) in [6, 6.07) is 8.69. The van der Waals surface area contributed by atoms with E-state index in [2.05, 4.69) is 0 Å². The van der Waals surface area contributed by atoms with E-state index >= 15 is 0 Å². The molecule has 0 bridgehead atoms. The van der Waals surface area contributed by atoms with Crippen LogP contribution in [0.3, 0.4) is 0 Å². The van der Waals surface area contributed by atoms with Crippen LogP contribution < -0.4 is 14.2 Å². The Hall–Kier alpha value is -2.82. The summed E-state index contributed by atoms with van der Waals surface area (Å²) >= 11 is 0. The van der Waals surface area contributed by atoms with Gasteiger partial charge in [-0.3, -0.25) is 0 Å². The van der Waals surface area contributed by atoms with Gasteiger partial charge in [-0.1, -0.05) is 30.4 Å². The molecule has 0 fully saturated rings. The topological polar surface area (TPSA) is 68.2 Å². The number of aromatic hydroxyl groups is 2. The molecule has 0 atom stereocenters. The fraction of sp³-hybridized carbons (Fsp3) is 0.222. The van der Waals surface area contributed by atoms with Crippen LogP contribution in [0.2, 0.25) is 0 Å². The third kappa shape index (κ3) is 3.51. The van der Waals surface area contributed by atoms with Gasteiger partial charge in [0.1, 0.15) is 0 Å². The van der Waals surface area contributed by atoms with Gasteiger partial charge in [0, 0.05) is 11.1 Å². The zero-order chi connectivity index (χ0) is 16.8. The Morgan fingerprint density at radius 3 is 2.30 bits per heavy atom. The quantitative estimate of drug-likeness (QED) is 0.855. The van der Waals surface area contributed by atoms with Crippen molar-refractivity contribution < 1.29 is 24.4 Å². The maximum Gasteiger partial charge on any atom is 0.201 e. The van der Waals surface area contributed by atoms with Crippen molar-refractivity contribution in [2.45, 2.75) is 6.42 Å². The molecule has 0 spiro atoms. The molecule has 0 saturated carbocycles. The molecular weight excluding hydrogens is 296 g/mol. The van der Waals surface area contributed by atoms with Crippen LogP contribution in [0, 0.1) is 0 Å². The summed E-state index contributed by atoms with van der Waals surface area (Å²) in [6.07, 6.45) is 4.29. The molecule has 0 radical (unpaired) electrons. The number of hydrogen-bond acceptors (Lipinski definition) is 5. The van der Waals surface area contributed by atoms with Gasteiger partial charge in [-0.05, 0) is 18.6 Å². The van der Waals surface area contributed by atoms with Crippen LogP contribution in [0.25, 0.3) is 6.08 Å². The van der Waals surface area contributed by atoms with Crippen LogP contribution in [-0.4, -0.2) is 31.5 Å². The second kappa shape index (κ2) is 7.45. The lowest BCUT2D eigenvalue weighted by molar-refractivity contribution is 0.338. The Morgan fingerprint density at radius 1 is 0.913 bits per heavy atom. The fourth-order valence-electron chi connectivity index (χ4n) is 2.36. The number of ether oxygens (including phenoxy) is 3. The highest BCUT2D eigenvalue weighted by Crippen LogP contribution is 2.39. The van der Waals surface area contributed by atoms with E-state index in [1.54, 1.807) is 18.2 Å². The summed E-state index contributed by atoms with van der Waals surface area (Å²) < 4.78 is 15.5. The van der Waals surface area contributed by atoms with Crippen molar-refractivity contribution in [2.24, 2.45) is 0 Å². The second-order valence-electron chi connectivity index (χ2n) is 4.81. The molecule has 0 aromatic heterocycles. The molecule has 2 aromatic rings. The summed E-state index contributed by atoms with van der Waals surface area (Å²) in [5.74, 6) is 1.25.